The van der Waals surface area contributed by atoms with E-state index in [4.69, 9.17) is 9.84 Å². The summed E-state index contributed by atoms with van der Waals surface area (Å²) in [5.41, 5.74) is -0.782. The fourth-order valence-corrected chi connectivity index (χ4v) is 2.89. The predicted octanol–water partition coefficient (Wildman–Crippen LogP) is 3.33. The highest BCUT2D eigenvalue weighted by Gasteiger charge is 2.30. The standard InChI is InChI=1S/C17H20F3NO4/c18-17(19,20)12-4-7-14(8-5-12)25-11-15(22)21-10-2-1-3-13(21)6-9-16(23)24/h4-5,7-8,13H,1-3,6,9-11H2,(H,23,24). The van der Waals surface area contributed by atoms with Gasteiger partial charge in [0.2, 0.25) is 0 Å². The third kappa shape index (κ3) is 5.65. The van der Waals surface area contributed by atoms with Gasteiger partial charge in [0, 0.05) is 19.0 Å². The van der Waals surface area contributed by atoms with Gasteiger partial charge in [0.05, 0.1) is 5.56 Å². The Labute approximate surface area is 143 Å². The Morgan fingerprint density at radius 3 is 2.48 bits per heavy atom. The summed E-state index contributed by atoms with van der Waals surface area (Å²) in [5.74, 6) is -1.01. The summed E-state index contributed by atoms with van der Waals surface area (Å²) >= 11 is 0. The Morgan fingerprint density at radius 2 is 1.88 bits per heavy atom. The number of amides is 1. The van der Waals surface area contributed by atoms with E-state index in [0.717, 1.165) is 31.4 Å². The molecule has 1 heterocycles. The van der Waals surface area contributed by atoms with E-state index in [1.807, 2.05) is 0 Å². The maximum Gasteiger partial charge on any atom is 0.416 e. The first kappa shape index (κ1) is 19.1. The Balaban J connectivity index is 1.90. The van der Waals surface area contributed by atoms with Crippen LogP contribution in [0.4, 0.5) is 13.2 Å². The summed E-state index contributed by atoms with van der Waals surface area (Å²) in [5, 5.41) is 8.79. The average Bonchev–Trinajstić information content (AvgIpc) is 2.57. The summed E-state index contributed by atoms with van der Waals surface area (Å²) in [6.45, 7) is 0.258. The van der Waals surface area contributed by atoms with Gasteiger partial charge in [-0.25, -0.2) is 0 Å². The maximum atomic E-state index is 12.5. The molecule has 25 heavy (non-hydrogen) atoms. The van der Waals surface area contributed by atoms with Gasteiger partial charge in [-0.15, -0.1) is 0 Å². The highest BCUT2D eigenvalue weighted by molar-refractivity contribution is 5.78. The topological polar surface area (TPSA) is 66.8 Å². The van der Waals surface area contributed by atoms with E-state index in [1.54, 1.807) is 4.90 Å². The molecule has 2 rings (SSSR count). The first-order valence-electron chi connectivity index (χ1n) is 8.08. The van der Waals surface area contributed by atoms with E-state index < -0.39 is 17.7 Å². The molecular formula is C17H20F3NO4. The van der Waals surface area contributed by atoms with Gasteiger partial charge < -0.3 is 14.7 Å². The Hall–Kier alpha value is -2.25. The zero-order chi connectivity index (χ0) is 18.4. The molecule has 138 valence electrons. The number of ether oxygens (including phenoxy) is 1. The molecule has 1 atom stereocenters. The third-order valence-electron chi connectivity index (χ3n) is 4.18. The SMILES string of the molecule is O=C(O)CCC1CCCCN1C(=O)COc1ccc(C(F)(F)F)cc1. The fraction of sp³-hybridized carbons (Fsp3) is 0.529. The molecule has 0 aromatic heterocycles. The lowest BCUT2D eigenvalue weighted by molar-refractivity contribution is -0.141. The van der Waals surface area contributed by atoms with E-state index in [9.17, 15) is 22.8 Å². The summed E-state index contributed by atoms with van der Waals surface area (Å²) in [6.07, 6.45) is -1.50. The van der Waals surface area contributed by atoms with Gasteiger partial charge in [0.15, 0.2) is 6.61 Å². The quantitative estimate of drug-likeness (QED) is 0.846. The first-order valence-corrected chi connectivity index (χ1v) is 8.08. The van der Waals surface area contributed by atoms with Crippen molar-refractivity contribution < 1.29 is 32.6 Å². The number of likely N-dealkylation sites (tertiary alicyclic amines) is 1. The van der Waals surface area contributed by atoms with Crippen LogP contribution >= 0.6 is 0 Å². The number of hydrogen-bond acceptors (Lipinski definition) is 3. The molecule has 1 aliphatic rings. The molecule has 0 saturated carbocycles. The van der Waals surface area contributed by atoms with E-state index in [1.165, 1.54) is 12.1 Å². The van der Waals surface area contributed by atoms with Gasteiger partial charge in [-0.3, -0.25) is 9.59 Å². The van der Waals surface area contributed by atoms with Crippen LogP contribution in [0.1, 0.15) is 37.7 Å². The molecular weight excluding hydrogens is 339 g/mol. The summed E-state index contributed by atoms with van der Waals surface area (Å²) in [7, 11) is 0. The maximum absolute atomic E-state index is 12.5. The second-order valence-corrected chi connectivity index (χ2v) is 5.98. The molecule has 1 aliphatic heterocycles. The minimum atomic E-state index is -4.42. The van der Waals surface area contributed by atoms with Crippen molar-refractivity contribution in [1.29, 1.82) is 0 Å². The molecule has 1 saturated heterocycles. The predicted molar refractivity (Wildman–Crippen MR) is 83.2 cm³/mol. The van der Waals surface area contributed by atoms with Crippen molar-refractivity contribution in [2.24, 2.45) is 0 Å². The molecule has 0 bridgehead atoms. The summed E-state index contributed by atoms with van der Waals surface area (Å²) < 4.78 is 42.8. The van der Waals surface area contributed by atoms with Crippen molar-refractivity contribution in [2.75, 3.05) is 13.2 Å². The van der Waals surface area contributed by atoms with E-state index in [-0.39, 0.29) is 30.7 Å². The molecule has 1 fully saturated rings. The molecule has 1 N–H and O–H groups in total. The highest BCUT2D eigenvalue weighted by atomic mass is 19.4. The van der Waals surface area contributed by atoms with Crippen molar-refractivity contribution in [3.63, 3.8) is 0 Å². The number of piperidine rings is 1. The number of carbonyl (C=O) groups is 2. The number of carboxylic acid groups (broad SMARTS) is 1. The summed E-state index contributed by atoms with van der Waals surface area (Å²) in [4.78, 5) is 24.7. The zero-order valence-electron chi connectivity index (χ0n) is 13.6. The second kappa shape index (κ2) is 8.22. The smallest absolute Gasteiger partial charge is 0.416 e. The number of nitrogens with zero attached hydrogens (tertiary/aromatic N) is 1. The Bertz CT molecular complexity index is 601. The highest BCUT2D eigenvalue weighted by Crippen LogP contribution is 2.30. The lowest BCUT2D eigenvalue weighted by atomic mass is 9.98. The van der Waals surface area contributed by atoms with Gasteiger partial charge in [0.25, 0.3) is 5.91 Å². The molecule has 1 unspecified atom stereocenters. The normalized spacial score (nSPS) is 18.0. The molecule has 0 spiro atoms. The van der Waals surface area contributed by atoms with Gasteiger partial charge in [-0.05, 0) is 49.9 Å². The lowest BCUT2D eigenvalue weighted by Crippen LogP contribution is -2.46. The molecule has 0 radical (unpaired) electrons. The minimum Gasteiger partial charge on any atom is -0.484 e. The fourth-order valence-electron chi connectivity index (χ4n) is 2.89. The van der Waals surface area contributed by atoms with Crippen LogP contribution in [0.5, 0.6) is 5.75 Å². The molecule has 1 amide bonds. The average molecular weight is 359 g/mol. The number of benzene rings is 1. The van der Waals surface area contributed by atoms with Crippen LogP contribution in [0, 0.1) is 0 Å². The van der Waals surface area contributed by atoms with Gasteiger partial charge in [-0.2, -0.15) is 13.2 Å². The Kier molecular flexibility index (Phi) is 6.27. The van der Waals surface area contributed by atoms with Crippen LogP contribution in [0.3, 0.4) is 0 Å². The number of carbonyl (C=O) groups excluding carboxylic acids is 1. The molecule has 1 aromatic carbocycles. The van der Waals surface area contributed by atoms with Crippen molar-refractivity contribution in [3.8, 4) is 5.75 Å². The number of alkyl halides is 3. The van der Waals surface area contributed by atoms with Crippen molar-refractivity contribution in [3.05, 3.63) is 29.8 Å². The number of halogens is 3. The van der Waals surface area contributed by atoms with Gasteiger partial charge >= 0.3 is 12.1 Å². The van der Waals surface area contributed by atoms with Crippen LogP contribution in [0.25, 0.3) is 0 Å². The second-order valence-electron chi connectivity index (χ2n) is 5.98. The first-order chi connectivity index (χ1) is 11.8. The Morgan fingerprint density at radius 1 is 1.20 bits per heavy atom. The van der Waals surface area contributed by atoms with Crippen LogP contribution in [-0.4, -0.2) is 41.1 Å². The van der Waals surface area contributed by atoms with E-state index in [2.05, 4.69) is 0 Å². The number of rotatable bonds is 6. The number of aliphatic carboxylic acids is 1. The van der Waals surface area contributed by atoms with Crippen LogP contribution in [0.15, 0.2) is 24.3 Å². The lowest BCUT2D eigenvalue weighted by Gasteiger charge is -2.35. The number of hydrogen-bond donors (Lipinski definition) is 1. The van der Waals surface area contributed by atoms with Crippen molar-refractivity contribution in [2.45, 2.75) is 44.3 Å². The largest absolute Gasteiger partial charge is 0.484 e. The molecule has 8 heteroatoms. The van der Waals surface area contributed by atoms with Gasteiger partial charge in [-0.1, -0.05) is 0 Å². The third-order valence-corrected chi connectivity index (χ3v) is 4.18. The van der Waals surface area contributed by atoms with E-state index in [0.29, 0.717) is 13.0 Å². The minimum absolute atomic E-state index is 0.00575. The van der Waals surface area contributed by atoms with Crippen molar-refractivity contribution >= 4 is 11.9 Å². The number of carboxylic acids is 1. The molecule has 1 aromatic rings. The van der Waals surface area contributed by atoms with E-state index >= 15 is 0 Å². The monoisotopic (exact) mass is 359 g/mol. The van der Waals surface area contributed by atoms with Crippen LogP contribution in [0.2, 0.25) is 0 Å². The van der Waals surface area contributed by atoms with Gasteiger partial charge in [0.1, 0.15) is 5.75 Å². The molecule has 0 aliphatic carbocycles. The summed E-state index contributed by atoms with van der Waals surface area (Å²) in [6, 6.07) is 4.02. The van der Waals surface area contributed by atoms with Crippen LogP contribution < -0.4 is 4.74 Å². The molecule has 5 nitrogen and oxygen atoms in total. The zero-order valence-corrected chi connectivity index (χ0v) is 13.6. The van der Waals surface area contributed by atoms with Crippen molar-refractivity contribution in [1.82, 2.24) is 4.90 Å². The van der Waals surface area contributed by atoms with Crippen LogP contribution in [-0.2, 0) is 15.8 Å².